The van der Waals surface area contributed by atoms with Crippen molar-refractivity contribution in [3.05, 3.63) is 59.9 Å². The Labute approximate surface area is 138 Å². The van der Waals surface area contributed by atoms with Crippen molar-refractivity contribution in [1.82, 2.24) is 14.8 Å². The molecule has 4 nitrogen and oxygen atoms in total. The number of hydrogen-bond donors (Lipinski definition) is 1. The first kappa shape index (κ1) is 15.8. The van der Waals surface area contributed by atoms with Gasteiger partial charge in [-0.25, -0.2) is 0 Å². The van der Waals surface area contributed by atoms with Crippen LogP contribution in [-0.2, 0) is 12.5 Å². The summed E-state index contributed by atoms with van der Waals surface area (Å²) in [5, 5.41) is 3.17. The standard InChI is InChI=1S/C19H25N3O/c1-21-13-10-19(11-14-21,16-7-4-3-5-8-16)15-20-18(23)17-9-6-12-22(17)2/h3-9,12H,10-11,13-15H2,1-2H3,(H,20,23). The van der Waals surface area contributed by atoms with Gasteiger partial charge in [-0.15, -0.1) is 0 Å². The van der Waals surface area contributed by atoms with Crippen LogP contribution in [0, 0.1) is 0 Å². The van der Waals surface area contributed by atoms with E-state index in [4.69, 9.17) is 0 Å². The molecule has 2 aromatic rings. The minimum absolute atomic E-state index is 0.00624. The first-order valence-corrected chi connectivity index (χ1v) is 8.24. The van der Waals surface area contributed by atoms with E-state index in [9.17, 15) is 4.79 Å². The molecule has 1 aromatic carbocycles. The molecule has 0 aliphatic carbocycles. The lowest BCUT2D eigenvalue weighted by Crippen LogP contribution is -2.48. The van der Waals surface area contributed by atoms with Crippen molar-refractivity contribution in [3.8, 4) is 0 Å². The molecule has 0 spiro atoms. The predicted molar refractivity (Wildman–Crippen MR) is 92.6 cm³/mol. The van der Waals surface area contributed by atoms with Crippen LogP contribution in [0.1, 0.15) is 28.9 Å². The molecule has 2 heterocycles. The molecule has 4 heteroatoms. The van der Waals surface area contributed by atoms with Crippen LogP contribution < -0.4 is 5.32 Å². The highest BCUT2D eigenvalue weighted by atomic mass is 16.1. The van der Waals surface area contributed by atoms with Crippen LogP contribution in [0.5, 0.6) is 0 Å². The van der Waals surface area contributed by atoms with E-state index in [0.717, 1.165) is 25.9 Å². The van der Waals surface area contributed by atoms with Crippen molar-refractivity contribution in [2.24, 2.45) is 7.05 Å². The molecule has 23 heavy (non-hydrogen) atoms. The molecule has 3 rings (SSSR count). The van der Waals surface area contributed by atoms with Crippen LogP contribution in [0.2, 0.25) is 0 Å². The average molecular weight is 311 g/mol. The molecule has 0 unspecified atom stereocenters. The van der Waals surface area contributed by atoms with Gasteiger partial charge < -0.3 is 14.8 Å². The van der Waals surface area contributed by atoms with E-state index in [1.807, 2.05) is 29.9 Å². The lowest BCUT2D eigenvalue weighted by molar-refractivity contribution is 0.0920. The zero-order valence-corrected chi connectivity index (χ0v) is 14.0. The number of piperidine rings is 1. The fraction of sp³-hybridized carbons (Fsp3) is 0.421. The van der Waals surface area contributed by atoms with Gasteiger partial charge in [0.25, 0.3) is 5.91 Å². The van der Waals surface area contributed by atoms with Gasteiger partial charge in [-0.1, -0.05) is 30.3 Å². The summed E-state index contributed by atoms with van der Waals surface area (Å²) in [5.74, 6) is 0.00624. The molecule has 1 N–H and O–H groups in total. The number of carbonyl (C=O) groups excluding carboxylic acids is 1. The molecule has 0 saturated carbocycles. The first-order valence-electron chi connectivity index (χ1n) is 8.24. The molecule has 0 radical (unpaired) electrons. The quantitative estimate of drug-likeness (QED) is 0.941. The summed E-state index contributed by atoms with van der Waals surface area (Å²) in [6.45, 7) is 2.82. The SMILES string of the molecule is CN1CCC(CNC(=O)c2cccn2C)(c2ccccc2)CC1. The summed E-state index contributed by atoms with van der Waals surface area (Å²) in [6.07, 6.45) is 4.04. The van der Waals surface area contributed by atoms with Crippen molar-refractivity contribution in [1.29, 1.82) is 0 Å². The Kier molecular flexibility index (Phi) is 4.53. The Morgan fingerprint density at radius 3 is 2.39 bits per heavy atom. The van der Waals surface area contributed by atoms with E-state index < -0.39 is 0 Å². The highest BCUT2D eigenvalue weighted by molar-refractivity contribution is 5.92. The van der Waals surface area contributed by atoms with Crippen molar-refractivity contribution in [2.75, 3.05) is 26.7 Å². The second-order valence-corrected chi connectivity index (χ2v) is 6.64. The van der Waals surface area contributed by atoms with E-state index in [1.54, 1.807) is 0 Å². The molecule has 1 aromatic heterocycles. The van der Waals surface area contributed by atoms with Crippen molar-refractivity contribution in [3.63, 3.8) is 0 Å². The number of nitrogens with one attached hydrogen (secondary N) is 1. The third kappa shape index (κ3) is 3.32. The van der Waals surface area contributed by atoms with E-state index in [0.29, 0.717) is 12.2 Å². The normalized spacial score (nSPS) is 17.8. The van der Waals surface area contributed by atoms with Gasteiger partial charge in [-0.2, -0.15) is 0 Å². The van der Waals surface area contributed by atoms with E-state index >= 15 is 0 Å². The lowest BCUT2D eigenvalue weighted by Gasteiger charge is -2.41. The van der Waals surface area contributed by atoms with Crippen LogP contribution in [0.3, 0.4) is 0 Å². The first-order chi connectivity index (χ1) is 11.1. The molecule has 122 valence electrons. The molecule has 0 atom stereocenters. The molecular formula is C19H25N3O. The van der Waals surface area contributed by atoms with Gasteiger partial charge in [0.2, 0.25) is 0 Å². The number of nitrogens with zero attached hydrogens (tertiary/aromatic N) is 2. The minimum atomic E-state index is 0.00624. The lowest BCUT2D eigenvalue weighted by atomic mass is 9.72. The Bertz CT molecular complexity index is 654. The van der Waals surface area contributed by atoms with Gasteiger partial charge in [0.05, 0.1) is 0 Å². The van der Waals surface area contributed by atoms with E-state index in [-0.39, 0.29) is 11.3 Å². The van der Waals surface area contributed by atoms with Gasteiger partial charge in [0.1, 0.15) is 5.69 Å². The van der Waals surface area contributed by atoms with Crippen molar-refractivity contribution in [2.45, 2.75) is 18.3 Å². The summed E-state index contributed by atoms with van der Waals surface area (Å²) in [6, 6.07) is 14.4. The Morgan fingerprint density at radius 1 is 1.09 bits per heavy atom. The Morgan fingerprint density at radius 2 is 1.78 bits per heavy atom. The largest absolute Gasteiger partial charge is 0.350 e. The zero-order chi connectivity index (χ0) is 16.3. The molecule has 1 saturated heterocycles. The van der Waals surface area contributed by atoms with Gasteiger partial charge >= 0.3 is 0 Å². The topological polar surface area (TPSA) is 37.3 Å². The summed E-state index contributed by atoms with van der Waals surface area (Å²) in [7, 11) is 4.06. The number of aryl methyl sites for hydroxylation is 1. The number of rotatable bonds is 4. The van der Waals surface area contributed by atoms with Crippen molar-refractivity contribution >= 4 is 5.91 Å². The number of aromatic nitrogens is 1. The molecule has 1 amide bonds. The number of carbonyl (C=O) groups is 1. The summed E-state index contributed by atoms with van der Waals surface area (Å²) in [5.41, 5.74) is 2.08. The minimum Gasteiger partial charge on any atom is -0.350 e. The average Bonchev–Trinajstić information content (AvgIpc) is 3.01. The highest BCUT2D eigenvalue weighted by Crippen LogP contribution is 2.34. The molecular weight excluding hydrogens is 286 g/mol. The predicted octanol–water partition coefficient (Wildman–Crippen LogP) is 2.42. The number of benzene rings is 1. The van der Waals surface area contributed by atoms with E-state index in [2.05, 4.69) is 47.6 Å². The zero-order valence-electron chi connectivity index (χ0n) is 14.0. The number of amides is 1. The van der Waals surface area contributed by atoms with Crippen LogP contribution in [0.4, 0.5) is 0 Å². The smallest absolute Gasteiger partial charge is 0.267 e. The van der Waals surface area contributed by atoms with Gasteiger partial charge in [0, 0.05) is 25.2 Å². The third-order valence-corrected chi connectivity index (χ3v) is 5.09. The summed E-state index contributed by atoms with van der Waals surface area (Å²) >= 11 is 0. The number of likely N-dealkylation sites (tertiary alicyclic amines) is 1. The fourth-order valence-electron chi connectivity index (χ4n) is 3.44. The monoisotopic (exact) mass is 311 g/mol. The number of hydrogen-bond acceptors (Lipinski definition) is 2. The summed E-state index contributed by atoms with van der Waals surface area (Å²) < 4.78 is 1.86. The maximum atomic E-state index is 12.5. The van der Waals surface area contributed by atoms with Gasteiger partial charge in [0.15, 0.2) is 0 Å². The molecule has 0 bridgehead atoms. The highest BCUT2D eigenvalue weighted by Gasteiger charge is 2.35. The summed E-state index contributed by atoms with van der Waals surface area (Å²) in [4.78, 5) is 14.8. The van der Waals surface area contributed by atoms with Gasteiger partial charge in [-0.05, 0) is 50.7 Å². The van der Waals surface area contributed by atoms with Crippen LogP contribution in [0.25, 0.3) is 0 Å². The second-order valence-electron chi connectivity index (χ2n) is 6.64. The molecule has 1 aliphatic heterocycles. The fourth-order valence-corrected chi connectivity index (χ4v) is 3.44. The molecule has 1 fully saturated rings. The third-order valence-electron chi connectivity index (χ3n) is 5.09. The second kappa shape index (κ2) is 6.59. The Balaban J connectivity index is 1.77. The molecule has 1 aliphatic rings. The maximum absolute atomic E-state index is 12.5. The van der Waals surface area contributed by atoms with E-state index in [1.165, 1.54) is 5.56 Å². The van der Waals surface area contributed by atoms with Gasteiger partial charge in [-0.3, -0.25) is 4.79 Å². The van der Waals surface area contributed by atoms with Crippen LogP contribution >= 0.6 is 0 Å². The Hall–Kier alpha value is -2.07. The van der Waals surface area contributed by atoms with Crippen molar-refractivity contribution < 1.29 is 4.79 Å². The van der Waals surface area contributed by atoms with Crippen LogP contribution in [-0.4, -0.2) is 42.1 Å². The van der Waals surface area contributed by atoms with Crippen LogP contribution in [0.15, 0.2) is 48.7 Å². The maximum Gasteiger partial charge on any atom is 0.267 e.